The second kappa shape index (κ2) is 9.32. The molecule has 1 aromatic carbocycles. The number of ether oxygens (including phenoxy) is 1. The van der Waals surface area contributed by atoms with E-state index in [2.05, 4.69) is 20.6 Å². The van der Waals surface area contributed by atoms with Crippen molar-refractivity contribution in [3.8, 4) is 5.75 Å². The quantitative estimate of drug-likeness (QED) is 0.646. The molecule has 1 aliphatic heterocycles. The Morgan fingerprint density at radius 3 is 2.66 bits per heavy atom. The van der Waals surface area contributed by atoms with Gasteiger partial charge >= 0.3 is 6.03 Å². The van der Waals surface area contributed by atoms with Gasteiger partial charge in [-0.15, -0.1) is 0 Å². The summed E-state index contributed by atoms with van der Waals surface area (Å²) in [6.07, 6.45) is 7.22. The van der Waals surface area contributed by atoms with Crippen molar-refractivity contribution >= 4 is 23.4 Å². The fourth-order valence-electron chi connectivity index (χ4n) is 4.91. The number of nitrogens with zero attached hydrogens (tertiary/aromatic N) is 3. The van der Waals surface area contributed by atoms with Crippen molar-refractivity contribution in [2.45, 2.75) is 56.6 Å². The zero-order valence-electron chi connectivity index (χ0n) is 18.6. The number of halogens is 1. The lowest BCUT2D eigenvalue weighted by molar-refractivity contribution is 0.00323. The maximum absolute atomic E-state index is 12.7. The van der Waals surface area contributed by atoms with Gasteiger partial charge in [-0.25, -0.2) is 4.79 Å². The Labute approximate surface area is 194 Å². The van der Waals surface area contributed by atoms with Crippen molar-refractivity contribution in [3.63, 3.8) is 0 Å². The molecule has 0 unspecified atom stereocenters. The molecular formula is C24H32ClN5O2. The lowest BCUT2D eigenvalue weighted by atomic mass is 9.83. The Balaban J connectivity index is 1.09. The highest BCUT2D eigenvalue weighted by Gasteiger charge is 2.34. The van der Waals surface area contributed by atoms with Crippen molar-refractivity contribution in [2.75, 3.05) is 25.0 Å². The highest BCUT2D eigenvalue weighted by atomic mass is 35.5. The number of aryl methyl sites for hydroxylation is 1. The number of carbonyl (C=O) groups is 1. The number of aromatic nitrogens is 2. The van der Waals surface area contributed by atoms with Gasteiger partial charge in [0.2, 0.25) is 0 Å². The first-order chi connectivity index (χ1) is 15.5. The first-order valence-corrected chi connectivity index (χ1v) is 12.2. The average Bonchev–Trinajstić information content (AvgIpc) is 3.53. The molecule has 8 heteroatoms. The van der Waals surface area contributed by atoms with Gasteiger partial charge in [0.15, 0.2) is 0 Å². The number of rotatable bonds is 7. The van der Waals surface area contributed by atoms with Crippen molar-refractivity contribution in [3.05, 3.63) is 41.0 Å². The lowest BCUT2D eigenvalue weighted by Gasteiger charge is -2.43. The standard InChI is InChI=1S/C24H32ClN5O2/c1-29-23(12-22(28-29)16-6-7-16)27-24(31)26-21-5-3-2-4-17(21)13-30-14-20(15-30)32-19-10-8-18(25)9-11-19/h8-12,16-17,20-21H,2-7,13-15H2,1H3,(H2,26,27,31)/t17-,21-/m1/s1. The van der Waals surface area contributed by atoms with Gasteiger partial charge in [-0.2, -0.15) is 5.10 Å². The summed E-state index contributed by atoms with van der Waals surface area (Å²) < 4.78 is 7.80. The average molecular weight is 458 g/mol. The maximum atomic E-state index is 12.7. The van der Waals surface area contributed by atoms with E-state index in [0.717, 1.165) is 54.8 Å². The van der Waals surface area contributed by atoms with Crippen LogP contribution in [0.5, 0.6) is 5.75 Å². The molecule has 1 aromatic heterocycles. The van der Waals surface area contributed by atoms with Crippen LogP contribution in [0.25, 0.3) is 0 Å². The van der Waals surface area contributed by atoms with Crippen molar-refractivity contribution in [1.29, 1.82) is 0 Å². The molecule has 2 saturated carbocycles. The first kappa shape index (κ1) is 21.6. The molecule has 2 N–H and O–H groups in total. The van der Waals surface area contributed by atoms with Gasteiger partial charge < -0.3 is 10.1 Å². The van der Waals surface area contributed by atoms with Crippen LogP contribution in [0.1, 0.15) is 50.1 Å². The van der Waals surface area contributed by atoms with Gasteiger partial charge in [-0.1, -0.05) is 24.4 Å². The van der Waals surface area contributed by atoms with Crippen LogP contribution >= 0.6 is 11.6 Å². The van der Waals surface area contributed by atoms with E-state index in [1.807, 2.05) is 37.4 Å². The van der Waals surface area contributed by atoms with E-state index >= 15 is 0 Å². The fourth-order valence-corrected chi connectivity index (χ4v) is 5.03. The molecule has 0 bridgehead atoms. The van der Waals surface area contributed by atoms with Crippen LogP contribution in [-0.2, 0) is 7.05 Å². The van der Waals surface area contributed by atoms with E-state index in [4.69, 9.17) is 16.3 Å². The van der Waals surface area contributed by atoms with Crippen LogP contribution in [0.2, 0.25) is 5.02 Å². The second-order valence-corrected chi connectivity index (χ2v) is 9.95. The van der Waals surface area contributed by atoms with Gasteiger partial charge in [-0.3, -0.25) is 14.9 Å². The summed E-state index contributed by atoms with van der Waals surface area (Å²) in [7, 11) is 1.89. The molecule has 3 fully saturated rings. The Hall–Kier alpha value is -2.25. The van der Waals surface area contributed by atoms with Crippen molar-refractivity contribution < 1.29 is 9.53 Å². The number of likely N-dealkylation sites (tertiary alicyclic amines) is 1. The summed E-state index contributed by atoms with van der Waals surface area (Å²) in [5, 5.41) is 11.5. The Morgan fingerprint density at radius 2 is 1.91 bits per heavy atom. The first-order valence-electron chi connectivity index (χ1n) is 11.8. The molecule has 172 valence electrons. The predicted molar refractivity (Wildman–Crippen MR) is 125 cm³/mol. The van der Waals surface area contributed by atoms with Gasteiger partial charge in [-0.05, 0) is 55.9 Å². The van der Waals surface area contributed by atoms with Crippen molar-refractivity contribution in [1.82, 2.24) is 20.0 Å². The van der Waals surface area contributed by atoms with E-state index in [1.165, 1.54) is 25.7 Å². The number of anilines is 1. The summed E-state index contributed by atoms with van der Waals surface area (Å²) in [6, 6.07) is 9.64. The third-order valence-electron chi connectivity index (χ3n) is 6.89. The summed E-state index contributed by atoms with van der Waals surface area (Å²) in [5.74, 6) is 2.68. The lowest BCUT2D eigenvalue weighted by Crippen LogP contribution is -2.57. The number of benzene rings is 1. The summed E-state index contributed by atoms with van der Waals surface area (Å²) >= 11 is 5.94. The number of amides is 2. The minimum Gasteiger partial charge on any atom is -0.488 e. The molecule has 0 radical (unpaired) electrons. The smallest absolute Gasteiger partial charge is 0.320 e. The maximum Gasteiger partial charge on any atom is 0.320 e. The summed E-state index contributed by atoms with van der Waals surface area (Å²) in [5.41, 5.74) is 1.09. The molecule has 2 amide bonds. The monoisotopic (exact) mass is 457 g/mol. The molecule has 2 aromatic rings. The van der Waals surface area contributed by atoms with E-state index < -0.39 is 0 Å². The Bertz CT molecular complexity index is 936. The van der Waals surface area contributed by atoms with E-state index in [0.29, 0.717) is 11.8 Å². The summed E-state index contributed by atoms with van der Waals surface area (Å²) in [4.78, 5) is 15.2. The number of carbonyl (C=O) groups excluding carboxylic acids is 1. The molecular weight excluding hydrogens is 426 g/mol. The topological polar surface area (TPSA) is 71.4 Å². The molecule has 2 atom stereocenters. The number of urea groups is 1. The number of hydrogen-bond donors (Lipinski definition) is 2. The number of hydrogen-bond acceptors (Lipinski definition) is 4. The summed E-state index contributed by atoms with van der Waals surface area (Å²) in [6.45, 7) is 2.86. The highest BCUT2D eigenvalue weighted by molar-refractivity contribution is 6.30. The normalized spacial score (nSPS) is 24.1. The highest BCUT2D eigenvalue weighted by Crippen LogP contribution is 2.40. The second-order valence-electron chi connectivity index (χ2n) is 9.51. The largest absolute Gasteiger partial charge is 0.488 e. The molecule has 1 saturated heterocycles. The zero-order chi connectivity index (χ0) is 22.1. The third kappa shape index (κ3) is 5.21. The van der Waals surface area contributed by atoms with Gasteiger partial charge in [0.25, 0.3) is 0 Å². The molecule has 5 rings (SSSR count). The number of nitrogens with one attached hydrogen (secondary N) is 2. The minimum atomic E-state index is -0.125. The third-order valence-corrected chi connectivity index (χ3v) is 7.15. The predicted octanol–water partition coefficient (Wildman–Crippen LogP) is 4.39. The van der Waals surface area contributed by atoms with Crippen LogP contribution < -0.4 is 15.4 Å². The zero-order valence-corrected chi connectivity index (χ0v) is 19.4. The van der Waals surface area contributed by atoms with E-state index in [-0.39, 0.29) is 18.2 Å². The van der Waals surface area contributed by atoms with Gasteiger partial charge in [0.1, 0.15) is 17.7 Å². The van der Waals surface area contributed by atoms with Crippen LogP contribution in [0.4, 0.5) is 10.6 Å². The van der Waals surface area contributed by atoms with Crippen molar-refractivity contribution in [2.24, 2.45) is 13.0 Å². The van der Waals surface area contributed by atoms with Crippen LogP contribution in [0.15, 0.2) is 30.3 Å². The molecule has 7 nitrogen and oxygen atoms in total. The van der Waals surface area contributed by atoms with Gasteiger partial charge in [0, 0.05) is 49.7 Å². The van der Waals surface area contributed by atoms with Crippen LogP contribution in [0, 0.1) is 5.92 Å². The van der Waals surface area contributed by atoms with Crippen LogP contribution in [-0.4, -0.2) is 52.5 Å². The molecule has 2 heterocycles. The molecule has 32 heavy (non-hydrogen) atoms. The Morgan fingerprint density at radius 1 is 1.16 bits per heavy atom. The molecule has 3 aliphatic rings. The minimum absolute atomic E-state index is 0.125. The van der Waals surface area contributed by atoms with E-state index in [1.54, 1.807) is 4.68 Å². The van der Waals surface area contributed by atoms with Crippen LogP contribution in [0.3, 0.4) is 0 Å². The van der Waals surface area contributed by atoms with E-state index in [9.17, 15) is 4.79 Å². The Kier molecular flexibility index (Phi) is 6.28. The SMILES string of the molecule is Cn1nc(C2CC2)cc1NC(=O)N[C@@H]1CCCC[C@@H]1CN1CC(Oc2ccc(Cl)cc2)C1. The van der Waals surface area contributed by atoms with Gasteiger partial charge in [0.05, 0.1) is 5.69 Å². The molecule has 0 spiro atoms. The fraction of sp³-hybridized carbons (Fsp3) is 0.583. The molecule has 2 aliphatic carbocycles.